The zero-order chi connectivity index (χ0) is 18.0. The number of alkyl halides is 3. The second-order valence-electron chi connectivity index (χ2n) is 5.45. The van der Waals surface area contributed by atoms with E-state index in [9.17, 15) is 22.4 Å². The van der Waals surface area contributed by atoms with Gasteiger partial charge in [0.2, 0.25) is 0 Å². The second kappa shape index (κ2) is 6.95. The molecule has 3 nitrogen and oxygen atoms in total. The number of carbonyl (C=O) groups is 1. The predicted molar refractivity (Wildman–Crippen MR) is 88.8 cm³/mol. The molecule has 1 saturated heterocycles. The molecule has 1 heterocycles. The van der Waals surface area contributed by atoms with Crippen LogP contribution in [0.3, 0.4) is 0 Å². The first-order chi connectivity index (χ1) is 11.9. The summed E-state index contributed by atoms with van der Waals surface area (Å²) in [6.07, 6.45) is -4.49. The average Bonchev–Trinajstić information content (AvgIpc) is 3.04. The topological polar surface area (TPSA) is 32.3 Å². The van der Waals surface area contributed by atoms with Gasteiger partial charge < -0.3 is 10.2 Å². The van der Waals surface area contributed by atoms with Crippen LogP contribution < -0.4 is 5.32 Å². The monoisotopic (exact) mass is 370 g/mol. The fourth-order valence-electron chi connectivity index (χ4n) is 2.58. The first kappa shape index (κ1) is 17.6. The van der Waals surface area contributed by atoms with E-state index in [0.717, 1.165) is 12.1 Å². The first-order valence-corrected chi connectivity index (χ1v) is 8.52. The highest BCUT2D eigenvalue weighted by Crippen LogP contribution is 2.39. The van der Waals surface area contributed by atoms with Crippen molar-refractivity contribution in [2.24, 2.45) is 0 Å². The number of nitrogens with zero attached hydrogens (tertiary/aromatic N) is 1. The van der Waals surface area contributed by atoms with Gasteiger partial charge in [0.1, 0.15) is 11.2 Å². The molecule has 0 radical (unpaired) electrons. The fraction of sp³-hybridized carbons (Fsp3) is 0.235. The average molecular weight is 370 g/mol. The molecular weight excluding hydrogens is 356 g/mol. The molecule has 1 aliphatic heterocycles. The zero-order valence-electron chi connectivity index (χ0n) is 12.9. The normalized spacial score (nSPS) is 17.6. The third kappa shape index (κ3) is 3.89. The van der Waals surface area contributed by atoms with Crippen molar-refractivity contribution in [3.63, 3.8) is 0 Å². The van der Waals surface area contributed by atoms with Crippen molar-refractivity contribution in [2.45, 2.75) is 11.6 Å². The van der Waals surface area contributed by atoms with Gasteiger partial charge in [0.15, 0.2) is 0 Å². The number of rotatable bonds is 2. The molecule has 25 heavy (non-hydrogen) atoms. The lowest BCUT2D eigenvalue weighted by Crippen LogP contribution is -2.34. The first-order valence-electron chi connectivity index (χ1n) is 7.47. The highest BCUT2D eigenvalue weighted by Gasteiger charge is 2.33. The van der Waals surface area contributed by atoms with Crippen molar-refractivity contribution in [2.75, 3.05) is 17.6 Å². The molecule has 0 aromatic heterocycles. The molecule has 1 N–H and O–H groups in total. The lowest BCUT2D eigenvalue weighted by molar-refractivity contribution is -0.137. The van der Waals surface area contributed by atoms with Gasteiger partial charge in [0.25, 0.3) is 0 Å². The third-order valence-corrected chi connectivity index (χ3v) is 5.01. The number of nitrogens with one attached hydrogen (secondary N) is 1. The Morgan fingerprint density at radius 2 is 1.92 bits per heavy atom. The Hall–Kier alpha value is -2.22. The molecule has 0 unspecified atom stereocenters. The van der Waals surface area contributed by atoms with Crippen LogP contribution in [0.2, 0.25) is 0 Å². The molecule has 0 bridgehead atoms. The summed E-state index contributed by atoms with van der Waals surface area (Å²) in [6, 6.07) is 10.0. The molecule has 132 valence electrons. The molecule has 0 aliphatic carbocycles. The van der Waals surface area contributed by atoms with E-state index in [1.807, 2.05) is 0 Å². The molecule has 0 saturated carbocycles. The van der Waals surface area contributed by atoms with Gasteiger partial charge in [-0.15, -0.1) is 11.8 Å². The SMILES string of the molecule is O=C(Nc1cccc(C(F)(F)F)c1)N1CCS[C@H]1c1ccccc1F. The van der Waals surface area contributed by atoms with E-state index in [1.54, 1.807) is 18.2 Å². The molecule has 2 aromatic carbocycles. The molecule has 3 rings (SSSR count). The van der Waals surface area contributed by atoms with Gasteiger partial charge >= 0.3 is 12.2 Å². The summed E-state index contributed by atoms with van der Waals surface area (Å²) in [5.41, 5.74) is -0.417. The zero-order valence-corrected chi connectivity index (χ0v) is 13.7. The summed E-state index contributed by atoms with van der Waals surface area (Å²) in [5.74, 6) is 0.202. The van der Waals surface area contributed by atoms with Crippen LogP contribution in [0.15, 0.2) is 48.5 Å². The van der Waals surface area contributed by atoms with E-state index in [4.69, 9.17) is 0 Å². The summed E-state index contributed by atoms with van der Waals surface area (Å²) in [4.78, 5) is 13.9. The number of thioether (sulfide) groups is 1. The van der Waals surface area contributed by atoms with Crippen molar-refractivity contribution in [1.29, 1.82) is 0 Å². The van der Waals surface area contributed by atoms with Crippen LogP contribution in [-0.4, -0.2) is 23.2 Å². The Labute approximate surface area is 146 Å². The van der Waals surface area contributed by atoms with Crippen molar-refractivity contribution in [3.05, 3.63) is 65.5 Å². The van der Waals surface area contributed by atoms with Crippen molar-refractivity contribution in [3.8, 4) is 0 Å². The summed E-state index contributed by atoms with van der Waals surface area (Å²) in [6.45, 7) is 0.383. The second-order valence-corrected chi connectivity index (χ2v) is 6.63. The highest BCUT2D eigenvalue weighted by atomic mass is 32.2. The van der Waals surface area contributed by atoms with Gasteiger partial charge in [-0.1, -0.05) is 24.3 Å². The Morgan fingerprint density at radius 1 is 1.16 bits per heavy atom. The maximum atomic E-state index is 14.0. The van der Waals surface area contributed by atoms with Gasteiger partial charge in [-0.05, 0) is 24.3 Å². The third-order valence-electron chi connectivity index (χ3n) is 3.76. The molecule has 1 aliphatic rings. The van der Waals surface area contributed by atoms with E-state index in [1.165, 1.54) is 34.9 Å². The van der Waals surface area contributed by atoms with E-state index in [-0.39, 0.29) is 5.69 Å². The van der Waals surface area contributed by atoms with Crippen LogP contribution in [-0.2, 0) is 6.18 Å². The number of anilines is 1. The minimum atomic E-state index is -4.49. The smallest absolute Gasteiger partial charge is 0.308 e. The number of carbonyl (C=O) groups excluding carboxylic acids is 1. The molecule has 1 fully saturated rings. The van der Waals surface area contributed by atoms with Crippen LogP contribution in [0.5, 0.6) is 0 Å². The lowest BCUT2D eigenvalue weighted by atomic mass is 10.2. The molecule has 8 heteroatoms. The van der Waals surface area contributed by atoms with Gasteiger partial charge in [-0.3, -0.25) is 0 Å². The Morgan fingerprint density at radius 3 is 2.64 bits per heavy atom. The lowest BCUT2D eigenvalue weighted by Gasteiger charge is -2.25. The molecule has 2 aromatic rings. The molecule has 2 amide bonds. The molecular formula is C17H14F4N2OS. The summed E-state index contributed by atoms with van der Waals surface area (Å²) in [5, 5.41) is 1.96. The van der Waals surface area contributed by atoms with E-state index in [2.05, 4.69) is 5.32 Å². The Balaban J connectivity index is 1.78. The van der Waals surface area contributed by atoms with Crippen LogP contribution in [0, 0.1) is 5.82 Å². The maximum Gasteiger partial charge on any atom is 0.416 e. The maximum absolute atomic E-state index is 14.0. The summed E-state index contributed by atoms with van der Waals surface area (Å²) >= 11 is 1.41. The number of hydrogen-bond donors (Lipinski definition) is 1. The Bertz CT molecular complexity index is 781. The number of hydrogen-bond acceptors (Lipinski definition) is 2. The minimum absolute atomic E-state index is 0.0454. The van der Waals surface area contributed by atoms with Gasteiger partial charge in [-0.25, -0.2) is 9.18 Å². The van der Waals surface area contributed by atoms with Crippen LogP contribution in [0.4, 0.5) is 28.0 Å². The number of urea groups is 1. The van der Waals surface area contributed by atoms with Gasteiger partial charge in [-0.2, -0.15) is 13.2 Å². The Kier molecular flexibility index (Phi) is 4.89. The van der Waals surface area contributed by atoms with E-state index in [0.29, 0.717) is 17.9 Å². The number of amides is 2. The standard InChI is InChI=1S/C17H14F4N2OS/c18-14-7-2-1-6-13(14)15-23(8-9-25-15)16(24)22-12-5-3-4-11(10-12)17(19,20)21/h1-7,10,15H,8-9H2,(H,22,24)/t15-/m0/s1. The molecule has 0 spiro atoms. The number of benzene rings is 2. The largest absolute Gasteiger partial charge is 0.416 e. The van der Waals surface area contributed by atoms with Crippen molar-refractivity contribution < 1.29 is 22.4 Å². The predicted octanol–water partition coefficient (Wildman–Crippen LogP) is 5.12. The minimum Gasteiger partial charge on any atom is -0.308 e. The van der Waals surface area contributed by atoms with Crippen LogP contribution in [0.25, 0.3) is 0 Å². The summed E-state index contributed by atoms with van der Waals surface area (Å²) < 4.78 is 52.3. The van der Waals surface area contributed by atoms with Crippen molar-refractivity contribution >= 4 is 23.5 Å². The van der Waals surface area contributed by atoms with Crippen LogP contribution in [0.1, 0.15) is 16.5 Å². The van der Waals surface area contributed by atoms with E-state index < -0.39 is 29.0 Å². The van der Waals surface area contributed by atoms with Gasteiger partial charge in [0, 0.05) is 23.5 Å². The van der Waals surface area contributed by atoms with E-state index >= 15 is 0 Å². The molecule has 1 atom stereocenters. The number of halogens is 4. The highest BCUT2D eigenvalue weighted by molar-refractivity contribution is 7.99. The summed E-state index contributed by atoms with van der Waals surface area (Å²) in [7, 11) is 0. The quantitative estimate of drug-likeness (QED) is 0.744. The van der Waals surface area contributed by atoms with Crippen molar-refractivity contribution in [1.82, 2.24) is 4.90 Å². The fourth-order valence-corrected chi connectivity index (χ4v) is 3.86. The van der Waals surface area contributed by atoms with Gasteiger partial charge in [0.05, 0.1) is 5.56 Å². The van der Waals surface area contributed by atoms with Crippen LogP contribution >= 0.6 is 11.8 Å².